The molecule has 1 fully saturated rings. The quantitative estimate of drug-likeness (QED) is 0.824. The molecule has 0 aliphatic carbocycles. The van der Waals surface area contributed by atoms with Gasteiger partial charge in [0.1, 0.15) is 5.60 Å². The molecule has 112 valence electrons. The number of ether oxygens (including phenoxy) is 3. The van der Waals surface area contributed by atoms with E-state index in [9.17, 15) is 5.11 Å². The van der Waals surface area contributed by atoms with E-state index in [0.29, 0.717) is 37.6 Å². The normalized spacial score (nSPS) is 25.7. The van der Waals surface area contributed by atoms with Crippen molar-refractivity contribution in [3.8, 4) is 11.5 Å². The summed E-state index contributed by atoms with van der Waals surface area (Å²) in [6.07, 6.45) is 0.549. The van der Waals surface area contributed by atoms with Gasteiger partial charge in [0, 0.05) is 26.1 Å². The smallest absolute Gasteiger partial charge is 0.161 e. The highest BCUT2D eigenvalue weighted by atomic mass is 16.5. The van der Waals surface area contributed by atoms with Gasteiger partial charge in [0.15, 0.2) is 11.5 Å². The Kier molecular flexibility index (Phi) is 4.86. The molecule has 2 unspecified atom stereocenters. The van der Waals surface area contributed by atoms with Crippen LogP contribution in [-0.4, -0.2) is 44.2 Å². The van der Waals surface area contributed by atoms with Crippen LogP contribution in [0.3, 0.4) is 0 Å². The Morgan fingerprint density at radius 3 is 2.70 bits per heavy atom. The molecule has 0 saturated carbocycles. The molecule has 0 bridgehead atoms. The van der Waals surface area contributed by atoms with Gasteiger partial charge in [-0.15, -0.1) is 0 Å². The standard InChI is InChI=1S/C15H23NO4/c1-11-15(17,6-7-20-11)10-16-9-12-4-5-13(18-2)14(8-12)19-3/h4-5,8,11,16-17H,6-7,9-10H2,1-3H3. The molecular formula is C15H23NO4. The van der Waals surface area contributed by atoms with Crippen molar-refractivity contribution in [3.63, 3.8) is 0 Å². The summed E-state index contributed by atoms with van der Waals surface area (Å²) in [6.45, 7) is 3.71. The number of hydrogen-bond donors (Lipinski definition) is 2. The van der Waals surface area contributed by atoms with Crippen LogP contribution < -0.4 is 14.8 Å². The molecule has 0 amide bonds. The molecular weight excluding hydrogens is 258 g/mol. The summed E-state index contributed by atoms with van der Waals surface area (Å²) < 4.78 is 15.9. The van der Waals surface area contributed by atoms with Crippen molar-refractivity contribution in [1.82, 2.24) is 5.32 Å². The maximum Gasteiger partial charge on any atom is 0.161 e. The maximum absolute atomic E-state index is 10.4. The van der Waals surface area contributed by atoms with E-state index in [1.807, 2.05) is 25.1 Å². The van der Waals surface area contributed by atoms with E-state index >= 15 is 0 Å². The van der Waals surface area contributed by atoms with E-state index in [4.69, 9.17) is 14.2 Å². The molecule has 1 saturated heterocycles. The van der Waals surface area contributed by atoms with Gasteiger partial charge in [-0.3, -0.25) is 0 Å². The van der Waals surface area contributed by atoms with Crippen molar-refractivity contribution in [2.45, 2.75) is 31.6 Å². The largest absolute Gasteiger partial charge is 0.493 e. The van der Waals surface area contributed by atoms with Gasteiger partial charge < -0.3 is 24.6 Å². The average Bonchev–Trinajstić information content (AvgIpc) is 2.78. The van der Waals surface area contributed by atoms with Crippen molar-refractivity contribution in [1.29, 1.82) is 0 Å². The lowest BCUT2D eigenvalue weighted by molar-refractivity contribution is -0.0262. The lowest BCUT2D eigenvalue weighted by Crippen LogP contribution is -2.45. The number of rotatable bonds is 6. The maximum atomic E-state index is 10.4. The molecule has 1 aromatic rings. The molecule has 2 N–H and O–H groups in total. The summed E-state index contributed by atoms with van der Waals surface area (Å²) in [6, 6.07) is 5.79. The SMILES string of the molecule is COc1ccc(CNCC2(O)CCOC2C)cc1OC. The Morgan fingerprint density at radius 2 is 2.10 bits per heavy atom. The van der Waals surface area contributed by atoms with Crippen LogP contribution in [0, 0.1) is 0 Å². The molecule has 1 aliphatic heterocycles. The second-order valence-corrected chi connectivity index (χ2v) is 5.16. The summed E-state index contributed by atoms with van der Waals surface area (Å²) in [5.74, 6) is 1.43. The Labute approximate surface area is 119 Å². The Bertz CT molecular complexity index is 451. The van der Waals surface area contributed by atoms with Crippen LogP contribution in [0.1, 0.15) is 18.9 Å². The monoisotopic (exact) mass is 281 g/mol. The van der Waals surface area contributed by atoms with E-state index < -0.39 is 5.60 Å². The second kappa shape index (κ2) is 6.43. The van der Waals surface area contributed by atoms with Crippen LogP contribution in [0.15, 0.2) is 18.2 Å². The first-order chi connectivity index (χ1) is 9.59. The zero-order valence-corrected chi connectivity index (χ0v) is 12.3. The number of nitrogens with one attached hydrogen (secondary N) is 1. The van der Waals surface area contributed by atoms with Gasteiger partial charge in [0.05, 0.1) is 20.3 Å². The summed E-state index contributed by atoms with van der Waals surface area (Å²) in [4.78, 5) is 0. The minimum atomic E-state index is -0.767. The van der Waals surface area contributed by atoms with E-state index in [1.54, 1.807) is 14.2 Å². The van der Waals surface area contributed by atoms with Gasteiger partial charge in [-0.2, -0.15) is 0 Å². The van der Waals surface area contributed by atoms with Gasteiger partial charge in [0.25, 0.3) is 0 Å². The highest BCUT2D eigenvalue weighted by Crippen LogP contribution is 2.28. The predicted octanol–water partition coefficient (Wildman–Crippen LogP) is 1.33. The highest BCUT2D eigenvalue weighted by Gasteiger charge is 2.38. The van der Waals surface area contributed by atoms with E-state index in [1.165, 1.54) is 0 Å². The number of benzene rings is 1. The lowest BCUT2D eigenvalue weighted by Gasteiger charge is -2.26. The summed E-state index contributed by atoms with van der Waals surface area (Å²) in [5.41, 5.74) is 0.314. The molecule has 1 aromatic carbocycles. The van der Waals surface area contributed by atoms with Crippen LogP contribution in [0.2, 0.25) is 0 Å². The summed E-state index contributed by atoms with van der Waals surface area (Å²) in [5, 5.41) is 13.7. The Hall–Kier alpha value is -1.30. The van der Waals surface area contributed by atoms with Gasteiger partial charge in [-0.25, -0.2) is 0 Å². The van der Waals surface area contributed by atoms with Crippen LogP contribution >= 0.6 is 0 Å². The van der Waals surface area contributed by atoms with Crippen LogP contribution in [0.5, 0.6) is 11.5 Å². The first-order valence-corrected chi connectivity index (χ1v) is 6.84. The third-order valence-corrected chi connectivity index (χ3v) is 3.87. The van der Waals surface area contributed by atoms with Gasteiger partial charge >= 0.3 is 0 Å². The van der Waals surface area contributed by atoms with Crippen LogP contribution in [-0.2, 0) is 11.3 Å². The van der Waals surface area contributed by atoms with Gasteiger partial charge in [-0.05, 0) is 24.6 Å². The van der Waals surface area contributed by atoms with Crippen molar-refractivity contribution in [2.75, 3.05) is 27.4 Å². The highest BCUT2D eigenvalue weighted by molar-refractivity contribution is 5.42. The van der Waals surface area contributed by atoms with Crippen molar-refractivity contribution in [2.24, 2.45) is 0 Å². The fourth-order valence-electron chi connectivity index (χ4n) is 2.42. The molecule has 20 heavy (non-hydrogen) atoms. The van der Waals surface area contributed by atoms with Crippen LogP contribution in [0.25, 0.3) is 0 Å². The molecule has 5 heteroatoms. The Morgan fingerprint density at radius 1 is 1.35 bits per heavy atom. The lowest BCUT2D eigenvalue weighted by atomic mass is 9.96. The molecule has 1 aliphatic rings. The zero-order valence-electron chi connectivity index (χ0n) is 12.3. The van der Waals surface area contributed by atoms with Crippen LogP contribution in [0.4, 0.5) is 0 Å². The zero-order chi connectivity index (χ0) is 14.6. The topological polar surface area (TPSA) is 60.0 Å². The molecule has 0 spiro atoms. The average molecular weight is 281 g/mol. The molecule has 0 radical (unpaired) electrons. The van der Waals surface area contributed by atoms with E-state index in [-0.39, 0.29) is 6.10 Å². The third-order valence-electron chi connectivity index (χ3n) is 3.87. The van der Waals surface area contributed by atoms with E-state index in [0.717, 1.165) is 5.56 Å². The molecule has 2 atom stereocenters. The minimum Gasteiger partial charge on any atom is -0.493 e. The van der Waals surface area contributed by atoms with Gasteiger partial charge in [-0.1, -0.05) is 6.07 Å². The molecule has 2 rings (SSSR count). The fourth-order valence-corrected chi connectivity index (χ4v) is 2.42. The number of hydrogen-bond acceptors (Lipinski definition) is 5. The number of aliphatic hydroxyl groups is 1. The summed E-state index contributed by atoms with van der Waals surface area (Å²) >= 11 is 0. The molecule has 0 aromatic heterocycles. The predicted molar refractivity (Wildman–Crippen MR) is 76.2 cm³/mol. The van der Waals surface area contributed by atoms with Crippen molar-refractivity contribution < 1.29 is 19.3 Å². The van der Waals surface area contributed by atoms with Gasteiger partial charge in [0.2, 0.25) is 0 Å². The first kappa shape index (κ1) is 15.1. The fraction of sp³-hybridized carbons (Fsp3) is 0.600. The number of methoxy groups -OCH3 is 2. The van der Waals surface area contributed by atoms with Crippen molar-refractivity contribution >= 4 is 0 Å². The minimum absolute atomic E-state index is 0.125. The van der Waals surface area contributed by atoms with E-state index in [2.05, 4.69) is 5.32 Å². The first-order valence-electron chi connectivity index (χ1n) is 6.84. The summed E-state index contributed by atoms with van der Waals surface area (Å²) in [7, 11) is 3.24. The van der Waals surface area contributed by atoms with Crippen molar-refractivity contribution in [3.05, 3.63) is 23.8 Å². The second-order valence-electron chi connectivity index (χ2n) is 5.16. The molecule has 5 nitrogen and oxygen atoms in total. The Balaban J connectivity index is 1.91. The third kappa shape index (κ3) is 3.23. The molecule has 1 heterocycles.